The first-order valence-electron chi connectivity index (χ1n) is 12.3. The van der Waals surface area contributed by atoms with E-state index in [9.17, 15) is 0 Å². The number of benzene rings is 1. The highest BCUT2D eigenvalue weighted by molar-refractivity contribution is 9.10. The number of hydrogen-bond acceptors (Lipinski definition) is 10. The Labute approximate surface area is 225 Å². The molecule has 194 valence electrons. The minimum Gasteiger partial charge on any atom is -0.454 e. The molecule has 14 heteroatoms. The van der Waals surface area contributed by atoms with E-state index in [0.29, 0.717) is 22.3 Å². The largest absolute Gasteiger partial charge is 0.454 e. The standard InChI is InChI=1S/C23H27BrN10O2S/c1-13(2)34-23(29-30-31-34)32-6-3-14(4-7-32)5-8-33-11-26-20(25)19-21(33)28-22(27-19)37-18-10-17-16(9-15(18)24)35-12-36-17/h9-11,13-14,25H,3-8,12H2,1-2H3,(H,27,28). The van der Waals surface area contributed by atoms with Gasteiger partial charge in [0.2, 0.25) is 12.7 Å². The predicted octanol–water partition coefficient (Wildman–Crippen LogP) is 3.76. The van der Waals surface area contributed by atoms with Gasteiger partial charge in [-0.1, -0.05) is 16.9 Å². The number of aromatic amines is 1. The van der Waals surface area contributed by atoms with Crippen LogP contribution in [0.4, 0.5) is 5.95 Å². The Bertz CT molecular complexity index is 1490. The fourth-order valence-electron chi connectivity index (χ4n) is 4.73. The Morgan fingerprint density at radius 3 is 2.78 bits per heavy atom. The molecule has 3 aromatic heterocycles. The zero-order valence-electron chi connectivity index (χ0n) is 20.5. The van der Waals surface area contributed by atoms with Crippen molar-refractivity contribution in [3.05, 3.63) is 28.4 Å². The lowest BCUT2D eigenvalue weighted by Gasteiger charge is -2.32. The SMILES string of the molecule is CC(C)n1nnnc1N1CCC(CCn2cnc(=N)c3[nH]c(Sc4cc5c(cc4Br)OCO5)nc32)CC1. The normalized spacial score (nSPS) is 15.8. The number of tetrazole rings is 1. The lowest BCUT2D eigenvalue weighted by Crippen LogP contribution is -2.36. The van der Waals surface area contributed by atoms with Gasteiger partial charge in [-0.25, -0.2) is 14.6 Å². The summed E-state index contributed by atoms with van der Waals surface area (Å²) < 4.78 is 15.8. The molecule has 37 heavy (non-hydrogen) atoms. The van der Waals surface area contributed by atoms with Crippen LogP contribution in [0.15, 0.2) is 33.0 Å². The van der Waals surface area contributed by atoms with Gasteiger partial charge in [-0.3, -0.25) is 5.41 Å². The van der Waals surface area contributed by atoms with Crippen molar-refractivity contribution in [3.8, 4) is 11.5 Å². The van der Waals surface area contributed by atoms with E-state index in [1.165, 1.54) is 11.8 Å². The van der Waals surface area contributed by atoms with E-state index in [4.69, 9.17) is 19.9 Å². The summed E-state index contributed by atoms with van der Waals surface area (Å²) in [6, 6.07) is 4.07. The number of piperidine rings is 1. The summed E-state index contributed by atoms with van der Waals surface area (Å²) in [5.74, 6) is 2.89. The van der Waals surface area contributed by atoms with Crippen LogP contribution in [0.5, 0.6) is 11.5 Å². The highest BCUT2D eigenvalue weighted by atomic mass is 79.9. The van der Waals surface area contributed by atoms with E-state index in [2.05, 4.69) is 60.2 Å². The number of H-pyrrole nitrogens is 1. The summed E-state index contributed by atoms with van der Waals surface area (Å²) in [5.41, 5.74) is 1.57. The number of fused-ring (bicyclic) bond motifs is 2. The summed E-state index contributed by atoms with van der Waals surface area (Å²) in [6.45, 7) is 7.08. The van der Waals surface area contributed by atoms with Crippen molar-refractivity contribution in [2.45, 2.75) is 55.7 Å². The molecule has 1 saturated heterocycles. The van der Waals surface area contributed by atoms with Crippen molar-refractivity contribution in [1.82, 2.24) is 39.7 Å². The molecule has 2 aliphatic heterocycles. The summed E-state index contributed by atoms with van der Waals surface area (Å²) >= 11 is 5.08. The third kappa shape index (κ3) is 4.79. The molecule has 1 aromatic carbocycles. The molecule has 12 nitrogen and oxygen atoms in total. The van der Waals surface area contributed by atoms with Crippen LogP contribution in [0.25, 0.3) is 11.2 Å². The van der Waals surface area contributed by atoms with Gasteiger partial charge in [0.25, 0.3) is 0 Å². The molecular weight excluding hydrogens is 560 g/mol. The van der Waals surface area contributed by atoms with Crippen LogP contribution >= 0.6 is 27.7 Å². The number of imidazole rings is 1. The lowest BCUT2D eigenvalue weighted by molar-refractivity contribution is 0.174. The van der Waals surface area contributed by atoms with Crippen LogP contribution in [0.3, 0.4) is 0 Å². The second-order valence-electron chi connectivity index (χ2n) is 9.50. The first kappa shape index (κ1) is 24.2. The maximum atomic E-state index is 8.29. The van der Waals surface area contributed by atoms with Crippen molar-refractivity contribution >= 4 is 44.8 Å². The van der Waals surface area contributed by atoms with Crippen LogP contribution < -0.4 is 19.9 Å². The number of nitrogens with zero attached hydrogens (tertiary/aromatic N) is 8. The molecule has 1 fully saturated rings. The maximum Gasteiger partial charge on any atom is 0.245 e. The van der Waals surface area contributed by atoms with Crippen molar-refractivity contribution in [3.63, 3.8) is 0 Å². The Kier molecular flexibility index (Phi) is 6.53. The molecule has 0 unspecified atom stereocenters. The number of nitrogens with one attached hydrogen (secondary N) is 2. The molecular formula is C23H27BrN10O2S. The van der Waals surface area contributed by atoms with Gasteiger partial charge in [0.05, 0.1) is 12.4 Å². The van der Waals surface area contributed by atoms with Gasteiger partial charge in [0, 0.05) is 29.0 Å². The van der Waals surface area contributed by atoms with Gasteiger partial charge in [-0.05, 0) is 77.5 Å². The monoisotopic (exact) mass is 586 g/mol. The Hall–Kier alpha value is -3.13. The molecule has 6 rings (SSSR count). The van der Waals surface area contributed by atoms with Crippen LogP contribution in [-0.2, 0) is 6.54 Å². The Morgan fingerprint density at radius 2 is 2.00 bits per heavy atom. The molecule has 2 aliphatic rings. The zero-order chi connectivity index (χ0) is 25.5. The van der Waals surface area contributed by atoms with Gasteiger partial charge >= 0.3 is 0 Å². The van der Waals surface area contributed by atoms with E-state index in [0.717, 1.165) is 65.6 Å². The van der Waals surface area contributed by atoms with Crippen LogP contribution in [0.1, 0.15) is 39.2 Å². The molecule has 5 heterocycles. The van der Waals surface area contributed by atoms with Crippen molar-refractivity contribution in [1.29, 1.82) is 5.41 Å². The molecule has 0 aliphatic carbocycles. The molecule has 0 saturated carbocycles. The van der Waals surface area contributed by atoms with Gasteiger partial charge in [0.15, 0.2) is 27.8 Å². The Morgan fingerprint density at radius 1 is 1.22 bits per heavy atom. The highest BCUT2D eigenvalue weighted by Gasteiger charge is 2.24. The Balaban J connectivity index is 1.14. The molecule has 4 aromatic rings. The van der Waals surface area contributed by atoms with Crippen LogP contribution in [-0.4, -0.2) is 59.6 Å². The van der Waals surface area contributed by atoms with E-state index < -0.39 is 0 Å². The quantitative estimate of drug-likeness (QED) is 0.331. The summed E-state index contributed by atoms with van der Waals surface area (Å²) in [6.07, 6.45) is 4.91. The van der Waals surface area contributed by atoms with Crippen molar-refractivity contribution in [2.75, 3.05) is 24.8 Å². The van der Waals surface area contributed by atoms with E-state index in [1.807, 2.05) is 21.4 Å². The third-order valence-electron chi connectivity index (χ3n) is 6.77. The van der Waals surface area contributed by atoms with E-state index in [1.54, 1.807) is 6.33 Å². The summed E-state index contributed by atoms with van der Waals surface area (Å²) in [7, 11) is 0. The first-order chi connectivity index (χ1) is 18.0. The molecule has 0 bridgehead atoms. The molecule has 0 radical (unpaired) electrons. The highest BCUT2D eigenvalue weighted by Crippen LogP contribution is 2.42. The number of hydrogen-bond donors (Lipinski definition) is 2. The van der Waals surface area contributed by atoms with Gasteiger partial charge in [-0.15, -0.1) is 0 Å². The summed E-state index contributed by atoms with van der Waals surface area (Å²) in [5, 5.41) is 21.2. The maximum absolute atomic E-state index is 8.29. The molecule has 0 atom stereocenters. The average molecular weight is 588 g/mol. The third-order valence-corrected chi connectivity index (χ3v) is 8.63. The zero-order valence-corrected chi connectivity index (χ0v) is 22.9. The van der Waals surface area contributed by atoms with Gasteiger partial charge < -0.3 is 23.9 Å². The predicted molar refractivity (Wildman–Crippen MR) is 140 cm³/mol. The topological polar surface area (TPSA) is 136 Å². The fourth-order valence-corrected chi connectivity index (χ4v) is 6.11. The van der Waals surface area contributed by atoms with Gasteiger partial charge in [0.1, 0.15) is 5.52 Å². The molecule has 0 amide bonds. The number of aryl methyl sites for hydroxylation is 1. The second-order valence-corrected chi connectivity index (χ2v) is 11.4. The number of halogens is 1. The number of aromatic nitrogens is 8. The minimum absolute atomic E-state index is 0.187. The first-order valence-corrected chi connectivity index (χ1v) is 13.9. The summed E-state index contributed by atoms with van der Waals surface area (Å²) in [4.78, 5) is 15.6. The smallest absolute Gasteiger partial charge is 0.245 e. The second kappa shape index (κ2) is 9.97. The van der Waals surface area contributed by atoms with E-state index >= 15 is 0 Å². The number of anilines is 1. The van der Waals surface area contributed by atoms with Crippen molar-refractivity contribution < 1.29 is 9.47 Å². The van der Waals surface area contributed by atoms with Crippen molar-refractivity contribution in [2.24, 2.45) is 5.92 Å². The fraction of sp³-hybridized carbons (Fsp3) is 0.478. The van der Waals surface area contributed by atoms with Crippen LogP contribution in [0.2, 0.25) is 0 Å². The number of rotatable bonds is 7. The minimum atomic E-state index is 0.187. The lowest BCUT2D eigenvalue weighted by atomic mass is 9.93. The van der Waals surface area contributed by atoms with E-state index in [-0.39, 0.29) is 18.3 Å². The van der Waals surface area contributed by atoms with Crippen LogP contribution in [0, 0.1) is 11.3 Å². The molecule has 2 N–H and O–H groups in total. The molecule has 0 spiro atoms. The number of ether oxygens (including phenoxy) is 2. The van der Waals surface area contributed by atoms with Gasteiger partial charge in [-0.2, -0.15) is 0 Å². The average Bonchev–Trinajstić information content (AvgIpc) is 3.64.